The maximum Gasteiger partial charge on any atom is 0.0840 e. The summed E-state index contributed by atoms with van der Waals surface area (Å²) < 4.78 is 59.3. The Morgan fingerprint density at radius 2 is 0.260 bits per heavy atom. The molecule has 4 saturated carbocycles. The van der Waals surface area contributed by atoms with Gasteiger partial charge in [0.1, 0.15) is 0 Å². The van der Waals surface area contributed by atoms with E-state index in [2.05, 4.69) is 85.1 Å². The van der Waals surface area contributed by atoms with Crippen molar-refractivity contribution in [2.45, 2.75) is 252 Å². The van der Waals surface area contributed by atoms with E-state index in [0.29, 0.717) is 94.7 Å². The summed E-state index contributed by atoms with van der Waals surface area (Å²) in [5.74, 6) is 7.06. The zero-order chi connectivity index (χ0) is 69.4. The van der Waals surface area contributed by atoms with Crippen LogP contribution in [0.5, 0.6) is 0 Å². The molecular weight excluding hydrogens is 1310 g/mol. The van der Waals surface area contributed by atoms with Crippen molar-refractivity contribution in [1.82, 2.24) is 85.1 Å². The minimum Gasteiger partial charge on any atom is -0.375 e. The molecule has 0 aromatic rings. The van der Waals surface area contributed by atoms with Crippen LogP contribution in [0, 0.1) is 94.7 Å². The lowest BCUT2D eigenvalue weighted by Gasteiger charge is -2.44. The molecule has 16 N–H and O–H groups in total. The topological polar surface area (TPSA) is 266 Å². The highest BCUT2D eigenvalue weighted by Gasteiger charge is 2.60. The largest absolute Gasteiger partial charge is 0.375 e. The van der Waals surface area contributed by atoms with Crippen molar-refractivity contribution in [3.63, 3.8) is 0 Å². The summed E-state index contributed by atoms with van der Waals surface area (Å²) in [5.41, 5.74) is 0. The van der Waals surface area contributed by atoms with Crippen LogP contribution in [-0.2, 0) is 37.9 Å². The number of nitrogens with one attached hydrogen (secondary N) is 16. The highest BCUT2D eigenvalue weighted by Crippen LogP contribution is 2.49. The van der Waals surface area contributed by atoms with Gasteiger partial charge in [-0.25, -0.2) is 0 Å². The molecule has 104 heavy (non-hydrogen) atoms. The Morgan fingerprint density at radius 3 is 0.365 bits per heavy atom. The van der Waals surface area contributed by atoms with Gasteiger partial charge < -0.3 is 80.4 Å². The second-order valence-electron chi connectivity index (χ2n) is 36.9. The molecule has 13 aliphatic heterocycles. The third-order valence-corrected chi connectivity index (χ3v) is 30.2. The smallest absolute Gasteiger partial charge is 0.0840 e. The molecule has 17 rings (SSSR count). The Morgan fingerprint density at radius 1 is 0.154 bits per heavy atom. The van der Waals surface area contributed by atoms with Crippen molar-refractivity contribution >= 4 is 0 Å². The van der Waals surface area contributed by atoms with Gasteiger partial charge >= 0.3 is 0 Å². The Bertz CT molecular complexity index is 2040. The third-order valence-electron chi connectivity index (χ3n) is 30.2. The van der Waals surface area contributed by atoms with E-state index < -0.39 is 0 Å². The molecule has 0 spiro atoms. The summed E-state index contributed by atoms with van der Waals surface area (Å²) in [6.45, 7) is 23.8. The van der Waals surface area contributed by atoms with Crippen molar-refractivity contribution < 1.29 is 37.9 Å². The minimum atomic E-state index is 0.0264. The molecule has 16 unspecified atom stereocenters. The summed E-state index contributed by atoms with van der Waals surface area (Å²) in [7, 11) is 0. The average Bonchev–Trinajstić information content (AvgIpc) is 1.60. The molecule has 17 fully saturated rings. The maximum absolute atomic E-state index is 7.41. The molecule has 13 heterocycles. The fourth-order valence-electron chi connectivity index (χ4n) is 23.6. The van der Waals surface area contributed by atoms with Gasteiger partial charge in [-0.05, 0) is 354 Å². The molecule has 0 radical (unpaired) electrons. The number of fused-ring (bicyclic) bond motifs is 20. The molecule has 0 amide bonds. The minimum absolute atomic E-state index is 0.0264. The van der Waals surface area contributed by atoms with Crippen LogP contribution in [0.2, 0.25) is 0 Å². The van der Waals surface area contributed by atoms with Crippen molar-refractivity contribution in [3.8, 4) is 0 Å². The summed E-state index contributed by atoms with van der Waals surface area (Å²) in [6, 6.07) is 0. The van der Waals surface area contributed by atoms with Crippen LogP contribution in [0.4, 0.5) is 0 Å². The van der Waals surface area contributed by atoms with Crippen molar-refractivity contribution in [2.24, 2.45) is 94.7 Å². The number of ether oxygens (including phenoxy) is 8. The van der Waals surface area contributed by atoms with Gasteiger partial charge in [0.25, 0.3) is 0 Å². The molecule has 17 aliphatic rings. The van der Waals surface area contributed by atoms with Gasteiger partial charge in [0.2, 0.25) is 0 Å². The lowest BCUT2D eigenvalue weighted by atomic mass is 9.73. The van der Waals surface area contributed by atoms with Gasteiger partial charge in [0.15, 0.2) is 0 Å². The lowest BCUT2D eigenvalue weighted by molar-refractivity contribution is -0.135. The van der Waals surface area contributed by atoms with Crippen molar-refractivity contribution in [1.29, 1.82) is 0 Å². The first-order chi connectivity index (χ1) is 51.5. The second-order valence-corrected chi connectivity index (χ2v) is 36.9. The maximum atomic E-state index is 7.41. The Kier molecular flexibility index (Phi) is 27.2. The van der Waals surface area contributed by atoms with Crippen LogP contribution < -0.4 is 85.1 Å². The molecular formula is C80H144N16O8. The standard InChI is InChI=1S/C80H144N16O8/c1-17-81-18-2-49(1)41-97-65-33-57-58(34-66(65)98-42-50-3-19-82-20-4-50)74-89-73(57)93-75-59-35-67(99-43-51-5-21-83-22-6-51)68(100-44-52-7-23-84-24-8-52)36-60(59)77(90-75)95-79-63-39-71(103-47-55-13-29-87-30-14-55)72(104-48-56-15-31-88-32-16-56)40-64(63)80(92-79)96-78-62-38-70(102-46-54-11-27-86-28-12-54)69(37-61(62)76(91-78)94-74)101-45-53-9-25-85-26-10-53/h49-96H,1-48H2. The monoisotopic (exact) mass is 1460 g/mol. The molecule has 8 bridgehead atoms. The summed E-state index contributed by atoms with van der Waals surface area (Å²) in [5, 5.41) is 65.6. The van der Waals surface area contributed by atoms with Crippen LogP contribution in [0.3, 0.4) is 0 Å². The van der Waals surface area contributed by atoms with Crippen LogP contribution in [0.1, 0.15) is 154 Å². The molecule has 0 aromatic carbocycles. The molecule has 4 aliphatic carbocycles. The zero-order valence-corrected chi connectivity index (χ0v) is 63.7. The van der Waals surface area contributed by atoms with Crippen LogP contribution in [0.25, 0.3) is 0 Å². The highest BCUT2D eigenvalue weighted by atomic mass is 16.6. The Hall–Kier alpha value is -0.960. The van der Waals surface area contributed by atoms with Gasteiger partial charge in [-0.3, -0.25) is 42.5 Å². The van der Waals surface area contributed by atoms with Crippen molar-refractivity contribution in [2.75, 3.05) is 158 Å². The fraction of sp³-hybridized carbons (Fsp3) is 1.00. The lowest BCUT2D eigenvalue weighted by Crippen LogP contribution is -2.61. The van der Waals surface area contributed by atoms with E-state index in [1.165, 1.54) is 103 Å². The van der Waals surface area contributed by atoms with Gasteiger partial charge in [-0.2, -0.15) is 0 Å². The average molecular weight is 1460 g/mol. The summed E-state index contributed by atoms with van der Waals surface area (Å²) in [6.07, 6.45) is 27.0. The van der Waals surface area contributed by atoms with Gasteiger partial charge in [0.05, 0.1) is 98.2 Å². The van der Waals surface area contributed by atoms with E-state index in [-0.39, 0.29) is 98.2 Å². The predicted molar refractivity (Wildman–Crippen MR) is 403 cm³/mol. The number of hydrogen-bond acceptors (Lipinski definition) is 24. The van der Waals surface area contributed by atoms with Crippen LogP contribution in [0.15, 0.2) is 0 Å². The van der Waals surface area contributed by atoms with Crippen molar-refractivity contribution in [3.05, 3.63) is 0 Å². The fourth-order valence-corrected chi connectivity index (χ4v) is 23.6. The van der Waals surface area contributed by atoms with Crippen LogP contribution >= 0.6 is 0 Å². The molecule has 24 nitrogen and oxygen atoms in total. The first-order valence-electron chi connectivity index (χ1n) is 44.1. The van der Waals surface area contributed by atoms with Gasteiger partial charge in [-0.1, -0.05) is 0 Å². The van der Waals surface area contributed by atoms with Crippen LogP contribution in [-0.4, -0.2) is 256 Å². The Balaban J connectivity index is 0.719. The molecule has 16 atom stereocenters. The summed E-state index contributed by atoms with van der Waals surface area (Å²) >= 11 is 0. The van der Waals surface area contributed by atoms with E-state index in [4.69, 9.17) is 37.9 Å². The van der Waals surface area contributed by atoms with E-state index >= 15 is 0 Å². The number of piperidine rings is 8. The zero-order valence-electron chi connectivity index (χ0n) is 63.7. The molecule has 592 valence electrons. The normalized spacial score (nSPS) is 43.8. The molecule has 0 aromatic heterocycles. The first kappa shape index (κ1) is 75.7. The Labute approximate surface area is 624 Å². The SMILES string of the molecule is C1CC(COC2CC3C4NC(NC5NC(NC6NC(NC7NC(N4)C4CC(OCC8CCNCC8)C(OCC8CCNCC8)CC74)C4CC(OCC7CCNCC7)C(OCC7CCNCC7)CC64)C4CC(OCC6CCNCC6)C(OCC6CCNCC6)CC54)C3CC2OCC2CCNCC2)CCN1. The molecule has 13 saturated heterocycles. The highest BCUT2D eigenvalue weighted by molar-refractivity contribution is 5.13. The molecule has 24 heteroatoms. The quantitative estimate of drug-likeness (QED) is 0.0662. The van der Waals surface area contributed by atoms with Gasteiger partial charge in [0, 0.05) is 52.9 Å². The van der Waals surface area contributed by atoms with E-state index in [0.717, 1.165) is 209 Å². The first-order valence-corrected chi connectivity index (χ1v) is 44.1. The van der Waals surface area contributed by atoms with E-state index in [1.54, 1.807) is 0 Å². The van der Waals surface area contributed by atoms with Gasteiger partial charge in [-0.15, -0.1) is 0 Å². The second kappa shape index (κ2) is 37.3. The summed E-state index contributed by atoms with van der Waals surface area (Å²) in [4.78, 5) is 0. The number of hydrogen-bond donors (Lipinski definition) is 16. The van der Waals surface area contributed by atoms with E-state index in [9.17, 15) is 0 Å². The third kappa shape index (κ3) is 18.9. The number of rotatable bonds is 24. The predicted octanol–water partition coefficient (Wildman–Crippen LogP) is 2.56. The van der Waals surface area contributed by atoms with E-state index in [1.807, 2.05) is 0 Å².